The van der Waals surface area contributed by atoms with Gasteiger partial charge >= 0.3 is 12.1 Å². The molecule has 1 fully saturated rings. The zero-order valence-electron chi connectivity index (χ0n) is 17.7. The van der Waals surface area contributed by atoms with Crippen molar-refractivity contribution in [2.24, 2.45) is 11.1 Å². The highest BCUT2D eigenvalue weighted by Crippen LogP contribution is 2.46. The first-order chi connectivity index (χ1) is 16.5. The Morgan fingerprint density at radius 3 is 2.60 bits per heavy atom. The van der Waals surface area contributed by atoms with Gasteiger partial charge in [0.25, 0.3) is 0 Å². The van der Waals surface area contributed by atoms with Crippen molar-refractivity contribution in [2.75, 3.05) is 13.1 Å². The maximum absolute atomic E-state index is 14.5. The smallest absolute Gasteiger partial charge is 0.401 e. The highest BCUT2D eigenvalue weighted by molar-refractivity contribution is 6.34. The van der Waals surface area contributed by atoms with Crippen LogP contribution in [0.1, 0.15) is 50.8 Å². The molecular formula is C23H16Cl2F4N2O4. The van der Waals surface area contributed by atoms with Gasteiger partial charge in [0.15, 0.2) is 17.5 Å². The van der Waals surface area contributed by atoms with E-state index in [2.05, 4.69) is 10.5 Å². The van der Waals surface area contributed by atoms with Gasteiger partial charge in [0.1, 0.15) is 11.7 Å². The third-order valence-electron chi connectivity index (χ3n) is 6.40. The number of alkyl halides is 3. The average molecular weight is 531 g/mol. The summed E-state index contributed by atoms with van der Waals surface area (Å²) in [5.74, 6) is -4.42. The van der Waals surface area contributed by atoms with Crippen LogP contribution in [0, 0.1) is 11.7 Å². The first-order valence-corrected chi connectivity index (χ1v) is 11.3. The second-order valence-electron chi connectivity index (χ2n) is 8.59. The van der Waals surface area contributed by atoms with E-state index in [1.807, 2.05) is 0 Å². The molecule has 0 amide bonds. The molecule has 0 bridgehead atoms. The Morgan fingerprint density at radius 1 is 1.20 bits per heavy atom. The maximum atomic E-state index is 14.5. The molecule has 3 heterocycles. The second kappa shape index (κ2) is 8.46. The van der Waals surface area contributed by atoms with Gasteiger partial charge in [-0.05, 0) is 24.6 Å². The summed E-state index contributed by atoms with van der Waals surface area (Å²) in [5.41, 5.74) is -0.554. The number of nitrogens with zero attached hydrogens (tertiary/aromatic N) is 1. The molecular weight excluding hydrogens is 515 g/mol. The summed E-state index contributed by atoms with van der Waals surface area (Å²) in [6.45, 7) is 0.939. The van der Waals surface area contributed by atoms with Crippen LogP contribution in [0.5, 0.6) is 0 Å². The number of rotatable bonds is 5. The van der Waals surface area contributed by atoms with Gasteiger partial charge in [-0.15, -0.1) is 0 Å². The molecule has 2 aromatic carbocycles. The number of benzene rings is 2. The second-order valence-corrected chi connectivity index (χ2v) is 9.43. The number of Topliss-reactive ketones (excluding diaryl/α,β-unsaturated/α-hetero) is 1. The summed E-state index contributed by atoms with van der Waals surface area (Å²) in [4.78, 5) is 30.0. The third kappa shape index (κ3) is 4.07. The summed E-state index contributed by atoms with van der Waals surface area (Å²) >= 11 is 11.6. The Labute approximate surface area is 206 Å². The number of carbonyl (C=O) groups excluding carboxylic acids is 2. The molecule has 0 aliphatic carbocycles. The molecule has 5 rings (SSSR count). The zero-order valence-corrected chi connectivity index (χ0v) is 19.2. The van der Waals surface area contributed by atoms with Crippen LogP contribution in [-0.4, -0.2) is 36.7 Å². The first kappa shape index (κ1) is 24.0. The summed E-state index contributed by atoms with van der Waals surface area (Å²) in [6, 6.07) is 6.61. The minimum absolute atomic E-state index is 0.0610. The van der Waals surface area contributed by atoms with Crippen molar-refractivity contribution in [1.82, 2.24) is 5.32 Å². The molecule has 6 nitrogen and oxygen atoms in total. The van der Waals surface area contributed by atoms with Crippen molar-refractivity contribution in [1.29, 1.82) is 0 Å². The predicted octanol–water partition coefficient (Wildman–Crippen LogP) is 5.37. The molecule has 3 aliphatic heterocycles. The summed E-state index contributed by atoms with van der Waals surface area (Å²) in [5, 5.41) is 6.05. The number of esters is 1. The number of ether oxygens (including phenoxy) is 1. The van der Waals surface area contributed by atoms with Gasteiger partial charge in [0.05, 0.1) is 16.3 Å². The van der Waals surface area contributed by atoms with Crippen LogP contribution in [-0.2, 0) is 15.2 Å². The van der Waals surface area contributed by atoms with E-state index < -0.39 is 57.7 Å². The minimum atomic E-state index is -4.84. The van der Waals surface area contributed by atoms with Gasteiger partial charge in [0, 0.05) is 41.2 Å². The lowest BCUT2D eigenvalue weighted by atomic mass is 9.85. The van der Waals surface area contributed by atoms with Crippen molar-refractivity contribution in [3.63, 3.8) is 0 Å². The quantitative estimate of drug-likeness (QED) is 0.243. The highest BCUT2D eigenvalue weighted by atomic mass is 35.5. The molecule has 1 saturated heterocycles. The lowest BCUT2D eigenvalue weighted by molar-refractivity contribution is -0.178. The minimum Gasteiger partial charge on any atom is -0.448 e. The Hall–Kier alpha value is -2.69. The molecule has 2 aromatic rings. The van der Waals surface area contributed by atoms with Crippen LogP contribution < -0.4 is 5.32 Å². The third-order valence-corrected chi connectivity index (χ3v) is 6.89. The molecule has 184 valence electrons. The fourth-order valence-electron chi connectivity index (χ4n) is 4.57. The van der Waals surface area contributed by atoms with Gasteiger partial charge in [-0.25, -0.2) is 9.18 Å². The number of nitrogens with one attached hydrogen (secondary N) is 1. The van der Waals surface area contributed by atoms with E-state index in [0.717, 1.165) is 12.1 Å². The lowest BCUT2D eigenvalue weighted by Gasteiger charge is -2.37. The standard InChI is InChI=1S/C23H16Cl2F4N2O4/c24-11-6-13(19(26)15(25)7-11)20-18(23(27,28)29)16(31-35-20)3-4-17(32)10-1-2-14-12(5-10)21(33)34-22(14)8-30-9-22/h1-2,5-7,18,20,30H,3-4,8-9H2. The van der Waals surface area contributed by atoms with Crippen LogP contribution in [0.15, 0.2) is 35.5 Å². The number of ketones is 1. The van der Waals surface area contributed by atoms with Crippen molar-refractivity contribution >= 4 is 40.7 Å². The molecule has 0 radical (unpaired) electrons. The van der Waals surface area contributed by atoms with Crippen LogP contribution in [0.3, 0.4) is 0 Å². The molecule has 35 heavy (non-hydrogen) atoms. The van der Waals surface area contributed by atoms with Crippen molar-refractivity contribution in [3.8, 4) is 0 Å². The molecule has 1 N–H and O–H groups in total. The van der Waals surface area contributed by atoms with Gasteiger partial charge in [-0.1, -0.05) is 40.5 Å². The van der Waals surface area contributed by atoms with E-state index in [9.17, 15) is 27.2 Å². The van der Waals surface area contributed by atoms with Crippen LogP contribution >= 0.6 is 23.2 Å². The highest BCUT2D eigenvalue weighted by Gasteiger charge is 2.54. The van der Waals surface area contributed by atoms with Gasteiger partial charge in [-0.2, -0.15) is 13.2 Å². The van der Waals surface area contributed by atoms with E-state index >= 15 is 0 Å². The first-order valence-electron chi connectivity index (χ1n) is 10.6. The fourth-order valence-corrected chi connectivity index (χ4v) is 5.08. The maximum Gasteiger partial charge on any atom is 0.401 e. The van der Waals surface area contributed by atoms with Gasteiger partial charge < -0.3 is 14.9 Å². The van der Waals surface area contributed by atoms with Crippen LogP contribution in [0.4, 0.5) is 17.6 Å². The molecule has 2 atom stereocenters. The topological polar surface area (TPSA) is 77.0 Å². The largest absolute Gasteiger partial charge is 0.448 e. The lowest BCUT2D eigenvalue weighted by Crippen LogP contribution is -2.56. The Kier molecular flexibility index (Phi) is 5.81. The molecule has 1 spiro atoms. The van der Waals surface area contributed by atoms with Gasteiger partial charge in [-0.3, -0.25) is 4.79 Å². The number of halogens is 6. The number of carbonyl (C=O) groups is 2. The number of oxime groups is 1. The molecule has 2 unspecified atom stereocenters. The summed E-state index contributed by atoms with van der Waals surface area (Å²) in [7, 11) is 0. The van der Waals surface area contributed by atoms with Crippen molar-refractivity contribution in [3.05, 3.63) is 68.4 Å². The van der Waals surface area contributed by atoms with E-state index in [1.54, 1.807) is 6.07 Å². The summed E-state index contributed by atoms with van der Waals surface area (Å²) in [6.07, 6.45) is -7.39. The Balaban J connectivity index is 1.34. The fraction of sp³-hybridized carbons (Fsp3) is 0.348. The number of hydrogen-bond acceptors (Lipinski definition) is 6. The van der Waals surface area contributed by atoms with Gasteiger partial charge in [0.2, 0.25) is 0 Å². The molecule has 0 aromatic heterocycles. The van der Waals surface area contributed by atoms with Crippen LogP contribution in [0.25, 0.3) is 0 Å². The predicted molar refractivity (Wildman–Crippen MR) is 117 cm³/mol. The number of fused-ring (bicyclic) bond motifs is 2. The zero-order chi connectivity index (χ0) is 25.1. The summed E-state index contributed by atoms with van der Waals surface area (Å²) < 4.78 is 61.8. The van der Waals surface area contributed by atoms with E-state index in [-0.39, 0.29) is 29.0 Å². The Morgan fingerprint density at radius 2 is 1.94 bits per heavy atom. The normalized spacial score (nSPS) is 22.3. The van der Waals surface area contributed by atoms with Crippen molar-refractivity contribution in [2.45, 2.75) is 30.7 Å². The van der Waals surface area contributed by atoms with Crippen molar-refractivity contribution < 1.29 is 36.7 Å². The van der Waals surface area contributed by atoms with E-state index in [4.69, 9.17) is 32.8 Å². The average Bonchev–Trinajstić information content (AvgIpc) is 3.33. The monoisotopic (exact) mass is 530 g/mol. The number of hydrogen-bond donors (Lipinski definition) is 1. The molecule has 12 heteroatoms. The SMILES string of the molecule is O=C(CCC1=NOC(c2cc(Cl)cc(Cl)c2F)C1C(F)(F)F)c1ccc2c(c1)C(=O)OC21CNC1. The Bertz CT molecular complexity index is 1280. The van der Waals surface area contributed by atoms with Crippen LogP contribution in [0.2, 0.25) is 10.0 Å². The van der Waals surface area contributed by atoms with E-state index in [1.165, 1.54) is 12.1 Å². The van der Waals surface area contributed by atoms with E-state index in [0.29, 0.717) is 18.7 Å². The molecule has 3 aliphatic rings. The molecule has 0 saturated carbocycles.